The second-order valence-corrected chi connectivity index (χ2v) is 3.98. The van der Waals surface area contributed by atoms with Crippen molar-refractivity contribution in [1.29, 1.82) is 0 Å². The molecule has 2 nitrogen and oxygen atoms in total. The van der Waals surface area contributed by atoms with E-state index < -0.39 is 0 Å². The van der Waals surface area contributed by atoms with Crippen molar-refractivity contribution in [1.82, 2.24) is 5.32 Å². The minimum absolute atomic E-state index is 0.675. The summed E-state index contributed by atoms with van der Waals surface area (Å²) in [4.78, 5) is 0. The molecule has 0 fully saturated rings. The molecule has 2 aromatic rings. The van der Waals surface area contributed by atoms with Gasteiger partial charge in [0.2, 0.25) is 0 Å². The van der Waals surface area contributed by atoms with Crippen molar-refractivity contribution in [2.75, 3.05) is 14.2 Å². The molecule has 0 spiro atoms. The molecule has 0 amide bonds. The van der Waals surface area contributed by atoms with Gasteiger partial charge < -0.3 is 10.1 Å². The summed E-state index contributed by atoms with van der Waals surface area (Å²) >= 11 is 0. The van der Waals surface area contributed by atoms with Gasteiger partial charge in [-0.3, -0.25) is 0 Å². The summed E-state index contributed by atoms with van der Waals surface area (Å²) in [6.45, 7) is 1.59. The van der Waals surface area contributed by atoms with Gasteiger partial charge in [-0.2, -0.15) is 0 Å². The van der Waals surface area contributed by atoms with Crippen LogP contribution in [0.25, 0.3) is 10.8 Å². The van der Waals surface area contributed by atoms with E-state index in [0.29, 0.717) is 6.61 Å². The lowest BCUT2D eigenvalue weighted by Gasteiger charge is -2.05. The lowest BCUT2D eigenvalue weighted by molar-refractivity contribution is 0.185. The third-order valence-electron chi connectivity index (χ3n) is 2.66. The average Bonchev–Trinajstić information content (AvgIpc) is 2.30. The van der Waals surface area contributed by atoms with Crippen LogP contribution in [0.4, 0.5) is 0 Å². The lowest BCUT2D eigenvalue weighted by atomic mass is 10.0. The molecule has 0 bridgehead atoms. The number of rotatable bonds is 4. The average molecular weight is 215 g/mol. The van der Waals surface area contributed by atoms with Crippen LogP contribution < -0.4 is 5.32 Å². The molecule has 0 radical (unpaired) electrons. The first kappa shape index (κ1) is 11.1. The van der Waals surface area contributed by atoms with Crippen LogP contribution in [0.3, 0.4) is 0 Å². The monoisotopic (exact) mass is 215 g/mol. The number of methoxy groups -OCH3 is 1. The van der Waals surface area contributed by atoms with E-state index in [1.807, 2.05) is 7.05 Å². The van der Waals surface area contributed by atoms with E-state index in [1.54, 1.807) is 7.11 Å². The molecule has 0 aliphatic heterocycles. The zero-order valence-corrected chi connectivity index (χ0v) is 9.79. The Morgan fingerprint density at radius 1 is 1.00 bits per heavy atom. The van der Waals surface area contributed by atoms with E-state index in [4.69, 9.17) is 4.74 Å². The van der Waals surface area contributed by atoms with Crippen molar-refractivity contribution in [3.05, 3.63) is 47.5 Å². The lowest BCUT2D eigenvalue weighted by Crippen LogP contribution is -2.04. The van der Waals surface area contributed by atoms with Crippen molar-refractivity contribution in [2.24, 2.45) is 0 Å². The Labute approximate surface area is 96.2 Å². The number of benzene rings is 2. The maximum atomic E-state index is 5.13. The number of nitrogens with one attached hydrogen (secondary N) is 1. The summed E-state index contributed by atoms with van der Waals surface area (Å²) in [5.41, 5.74) is 2.53. The molecule has 84 valence electrons. The highest BCUT2D eigenvalue weighted by Gasteiger charge is 1.98. The van der Waals surface area contributed by atoms with Crippen molar-refractivity contribution < 1.29 is 4.74 Å². The van der Waals surface area contributed by atoms with Gasteiger partial charge in [-0.1, -0.05) is 24.3 Å². The van der Waals surface area contributed by atoms with E-state index in [1.165, 1.54) is 21.9 Å². The van der Waals surface area contributed by atoms with E-state index in [0.717, 1.165) is 6.54 Å². The summed E-state index contributed by atoms with van der Waals surface area (Å²) in [5.74, 6) is 0. The summed E-state index contributed by atoms with van der Waals surface area (Å²) in [5, 5.41) is 5.72. The van der Waals surface area contributed by atoms with Crippen molar-refractivity contribution in [3.63, 3.8) is 0 Å². The number of ether oxygens (including phenoxy) is 1. The van der Waals surface area contributed by atoms with Gasteiger partial charge in [-0.15, -0.1) is 0 Å². The summed E-state index contributed by atoms with van der Waals surface area (Å²) in [6.07, 6.45) is 0. The molecule has 0 heterocycles. The van der Waals surface area contributed by atoms with E-state index in [-0.39, 0.29) is 0 Å². The summed E-state index contributed by atoms with van der Waals surface area (Å²) in [6, 6.07) is 13.0. The smallest absolute Gasteiger partial charge is 0.0713 e. The van der Waals surface area contributed by atoms with Gasteiger partial charge in [0.05, 0.1) is 6.61 Å². The zero-order chi connectivity index (χ0) is 11.4. The highest BCUT2D eigenvalue weighted by atomic mass is 16.5. The molecule has 0 unspecified atom stereocenters. The van der Waals surface area contributed by atoms with Crippen molar-refractivity contribution in [3.8, 4) is 0 Å². The molecule has 0 saturated carbocycles. The molecule has 1 N–H and O–H groups in total. The molecule has 16 heavy (non-hydrogen) atoms. The predicted molar refractivity (Wildman–Crippen MR) is 67.4 cm³/mol. The normalized spacial score (nSPS) is 10.9. The standard InChI is InChI=1S/C14H17NO/c1-15-9-11-3-5-14-8-12(10-16-2)4-6-13(14)7-11/h3-8,15H,9-10H2,1-2H3. The minimum Gasteiger partial charge on any atom is -0.380 e. The minimum atomic E-state index is 0.675. The first-order valence-corrected chi connectivity index (χ1v) is 5.48. The quantitative estimate of drug-likeness (QED) is 0.846. The molecular formula is C14H17NO. The van der Waals surface area contributed by atoms with E-state index in [2.05, 4.69) is 41.7 Å². The van der Waals surface area contributed by atoms with Gasteiger partial charge in [0, 0.05) is 13.7 Å². The van der Waals surface area contributed by atoms with Crippen LogP contribution in [0.5, 0.6) is 0 Å². The first-order chi connectivity index (χ1) is 7.83. The SMILES string of the molecule is CNCc1ccc2cc(COC)ccc2c1. The molecule has 0 aliphatic carbocycles. The second kappa shape index (κ2) is 5.10. The molecular weight excluding hydrogens is 198 g/mol. The highest BCUT2D eigenvalue weighted by Crippen LogP contribution is 2.18. The van der Waals surface area contributed by atoms with Gasteiger partial charge in [0.1, 0.15) is 0 Å². The van der Waals surface area contributed by atoms with Crippen molar-refractivity contribution >= 4 is 10.8 Å². The number of fused-ring (bicyclic) bond motifs is 1. The van der Waals surface area contributed by atoms with Crippen LogP contribution in [0, 0.1) is 0 Å². The second-order valence-electron chi connectivity index (χ2n) is 3.98. The number of hydrogen-bond donors (Lipinski definition) is 1. The van der Waals surface area contributed by atoms with E-state index >= 15 is 0 Å². The van der Waals surface area contributed by atoms with Gasteiger partial charge in [0.15, 0.2) is 0 Å². The first-order valence-electron chi connectivity index (χ1n) is 5.48. The summed E-state index contributed by atoms with van der Waals surface area (Å²) < 4.78 is 5.13. The molecule has 0 saturated heterocycles. The highest BCUT2D eigenvalue weighted by molar-refractivity contribution is 5.83. The van der Waals surface area contributed by atoms with Gasteiger partial charge in [0.25, 0.3) is 0 Å². The fourth-order valence-electron chi connectivity index (χ4n) is 1.92. The third-order valence-corrected chi connectivity index (χ3v) is 2.66. The van der Waals surface area contributed by atoms with Gasteiger partial charge in [-0.05, 0) is 41.1 Å². The molecule has 0 atom stereocenters. The molecule has 0 aliphatic rings. The predicted octanol–water partition coefficient (Wildman–Crippen LogP) is 2.71. The van der Waals surface area contributed by atoms with Crippen molar-refractivity contribution in [2.45, 2.75) is 13.2 Å². The fourth-order valence-corrected chi connectivity index (χ4v) is 1.92. The van der Waals surface area contributed by atoms with Crippen LogP contribution in [-0.2, 0) is 17.9 Å². The molecule has 2 aromatic carbocycles. The van der Waals surface area contributed by atoms with E-state index in [9.17, 15) is 0 Å². The summed E-state index contributed by atoms with van der Waals surface area (Å²) in [7, 11) is 3.69. The Morgan fingerprint density at radius 3 is 2.25 bits per heavy atom. The van der Waals surface area contributed by atoms with Crippen LogP contribution in [0.1, 0.15) is 11.1 Å². The Morgan fingerprint density at radius 2 is 1.62 bits per heavy atom. The van der Waals surface area contributed by atoms with Crippen LogP contribution >= 0.6 is 0 Å². The Kier molecular flexibility index (Phi) is 3.54. The zero-order valence-electron chi connectivity index (χ0n) is 9.79. The van der Waals surface area contributed by atoms with Gasteiger partial charge >= 0.3 is 0 Å². The maximum absolute atomic E-state index is 5.13. The van der Waals surface area contributed by atoms with Gasteiger partial charge in [-0.25, -0.2) is 0 Å². The molecule has 2 heteroatoms. The molecule has 2 rings (SSSR count). The maximum Gasteiger partial charge on any atom is 0.0713 e. The van der Waals surface area contributed by atoms with Crippen LogP contribution in [0.2, 0.25) is 0 Å². The Hall–Kier alpha value is -1.38. The number of hydrogen-bond acceptors (Lipinski definition) is 2. The van der Waals surface area contributed by atoms with Crippen LogP contribution in [-0.4, -0.2) is 14.2 Å². The largest absolute Gasteiger partial charge is 0.380 e. The third kappa shape index (κ3) is 2.40. The Bertz CT molecular complexity index is 434. The molecule has 0 aromatic heterocycles. The fraction of sp³-hybridized carbons (Fsp3) is 0.286. The Balaban J connectivity index is 2.36. The topological polar surface area (TPSA) is 21.3 Å². The van der Waals surface area contributed by atoms with Crippen LogP contribution in [0.15, 0.2) is 36.4 Å².